The monoisotopic (exact) mass is 473 g/mol. The van der Waals surface area contributed by atoms with Crippen LogP contribution in [0, 0.1) is 0 Å². The molecule has 0 atom stereocenters. The van der Waals surface area contributed by atoms with Crippen molar-refractivity contribution in [3.63, 3.8) is 0 Å². The Balaban J connectivity index is 1.45. The number of rotatable bonds is 9. The Kier molecular flexibility index (Phi) is 8.80. The number of amides is 2. The van der Waals surface area contributed by atoms with Gasteiger partial charge in [-0.2, -0.15) is 0 Å². The molecule has 2 aromatic rings. The van der Waals surface area contributed by atoms with Crippen molar-refractivity contribution in [1.82, 2.24) is 15.8 Å². The molecule has 10 nitrogen and oxygen atoms in total. The van der Waals surface area contributed by atoms with Crippen molar-refractivity contribution in [3.8, 4) is 28.7 Å². The molecule has 2 amide bonds. The number of methoxy groups -OCH3 is 4. The van der Waals surface area contributed by atoms with E-state index in [0.717, 1.165) is 12.8 Å². The SMILES string of the molecule is COc1ccc(C(=O)NNC(=O)CN2CCC(Oc3c(OC)cccc3OC)CC2)cc1OC. The Labute approximate surface area is 199 Å². The van der Waals surface area contributed by atoms with Crippen LogP contribution in [0.3, 0.4) is 0 Å². The third kappa shape index (κ3) is 6.22. The van der Waals surface area contributed by atoms with Crippen LogP contribution in [0.4, 0.5) is 0 Å². The topological polar surface area (TPSA) is 108 Å². The van der Waals surface area contributed by atoms with E-state index in [1.54, 1.807) is 32.4 Å². The molecule has 2 N–H and O–H groups in total. The Morgan fingerprint density at radius 2 is 1.47 bits per heavy atom. The summed E-state index contributed by atoms with van der Waals surface area (Å²) in [5.74, 6) is 2.00. The molecular formula is C24H31N3O7. The lowest BCUT2D eigenvalue weighted by Crippen LogP contribution is -2.48. The fourth-order valence-corrected chi connectivity index (χ4v) is 3.70. The molecule has 1 aliphatic heterocycles. The van der Waals surface area contributed by atoms with Gasteiger partial charge in [0, 0.05) is 18.7 Å². The van der Waals surface area contributed by atoms with E-state index in [1.165, 1.54) is 14.2 Å². The van der Waals surface area contributed by atoms with Crippen LogP contribution in [0.2, 0.25) is 0 Å². The maximum atomic E-state index is 12.4. The molecule has 0 saturated carbocycles. The van der Waals surface area contributed by atoms with Crippen molar-refractivity contribution in [2.45, 2.75) is 18.9 Å². The summed E-state index contributed by atoms with van der Waals surface area (Å²) in [6.07, 6.45) is 1.47. The quantitative estimate of drug-likeness (QED) is 0.533. The van der Waals surface area contributed by atoms with Crippen molar-refractivity contribution in [3.05, 3.63) is 42.0 Å². The summed E-state index contributed by atoms with van der Waals surface area (Å²) < 4.78 is 27.3. The van der Waals surface area contributed by atoms with Crippen molar-refractivity contribution in [1.29, 1.82) is 0 Å². The average molecular weight is 474 g/mol. The Morgan fingerprint density at radius 3 is 2.06 bits per heavy atom. The highest BCUT2D eigenvalue weighted by Crippen LogP contribution is 2.38. The summed E-state index contributed by atoms with van der Waals surface area (Å²) in [5, 5.41) is 0. The van der Waals surface area contributed by atoms with Gasteiger partial charge in [-0.3, -0.25) is 25.3 Å². The van der Waals surface area contributed by atoms with Crippen LogP contribution < -0.4 is 34.5 Å². The van der Waals surface area contributed by atoms with Gasteiger partial charge in [0.15, 0.2) is 23.0 Å². The summed E-state index contributed by atoms with van der Waals surface area (Å²) >= 11 is 0. The number of hydrazine groups is 1. The van der Waals surface area contributed by atoms with Crippen molar-refractivity contribution >= 4 is 11.8 Å². The van der Waals surface area contributed by atoms with Crippen LogP contribution in [0.15, 0.2) is 36.4 Å². The van der Waals surface area contributed by atoms with Gasteiger partial charge in [0.1, 0.15) is 6.10 Å². The number of para-hydroxylation sites is 1. The summed E-state index contributed by atoms with van der Waals surface area (Å²) in [5.41, 5.74) is 5.22. The molecule has 1 fully saturated rings. The second-order valence-electron chi connectivity index (χ2n) is 7.66. The average Bonchev–Trinajstić information content (AvgIpc) is 2.87. The third-order valence-electron chi connectivity index (χ3n) is 5.53. The van der Waals surface area contributed by atoms with Crippen LogP contribution in [-0.4, -0.2) is 70.9 Å². The molecule has 0 aromatic heterocycles. The molecule has 1 heterocycles. The zero-order valence-corrected chi connectivity index (χ0v) is 19.9. The van der Waals surface area contributed by atoms with E-state index in [-0.39, 0.29) is 18.6 Å². The Morgan fingerprint density at radius 1 is 0.853 bits per heavy atom. The molecule has 0 aliphatic carbocycles. The standard InChI is InChI=1S/C24H31N3O7/c1-30-18-9-8-16(14-21(18)33-4)24(29)26-25-22(28)15-27-12-10-17(11-13-27)34-23-19(31-2)6-5-7-20(23)32-3/h5-9,14,17H,10-13,15H2,1-4H3,(H,25,28)(H,26,29). The number of ether oxygens (including phenoxy) is 5. The van der Waals surface area contributed by atoms with E-state index in [1.807, 2.05) is 23.1 Å². The number of nitrogens with zero attached hydrogens (tertiary/aromatic N) is 1. The van der Waals surface area contributed by atoms with Crippen LogP contribution in [0.25, 0.3) is 0 Å². The number of nitrogens with one attached hydrogen (secondary N) is 2. The fraction of sp³-hybridized carbons (Fsp3) is 0.417. The number of hydrogen-bond acceptors (Lipinski definition) is 8. The van der Waals surface area contributed by atoms with Gasteiger partial charge in [-0.25, -0.2) is 0 Å². The number of piperidine rings is 1. The summed E-state index contributed by atoms with van der Waals surface area (Å²) in [4.78, 5) is 26.7. The highest BCUT2D eigenvalue weighted by molar-refractivity contribution is 5.96. The van der Waals surface area contributed by atoms with Crippen LogP contribution in [0.5, 0.6) is 28.7 Å². The van der Waals surface area contributed by atoms with Crippen molar-refractivity contribution in [2.24, 2.45) is 0 Å². The molecule has 184 valence electrons. The van der Waals surface area contributed by atoms with Crippen LogP contribution in [0.1, 0.15) is 23.2 Å². The maximum Gasteiger partial charge on any atom is 0.269 e. The third-order valence-corrected chi connectivity index (χ3v) is 5.53. The van der Waals surface area contributed by atoms with E-state index in [4.69, 9.17) is 23.7 Å². The van der Waals surface area contributed by atoms with E-state index < -0.39 is 5.91 Å². The van der Waals surface area contributed by atoms with E-state index in [9.17, 15) is 9.59 Å². The molecule has 0 spiro atoms. The predicted octanol–water partition coefficient (Wildman–Crippen LogP) is 2.03. The van der Waals surface area contributed by atoms with Gasteiger partial charge < -0.3 is 23.7 Å². The van der Waals surface area contributed by atoms with Crippen LogP contribution >= 0.6 is 0 Å². The molecule has 34 heavy (non-hydrogen) atoms. The van der Waals surface area contributed by atoms with Crippen molar-refractivity contribution in [2.75, 3.05) is 48.1 Å². The first-order valence-electron chi connectivity index (χ1n) is 10.9. The summed E-state index contributed by atoms with van der Waals surface area (Å²) in [7, 11) is 6.18. The minimum absolute atomic E-state index is 0.0192. The molecule has 1 aliphatic rings. The minimum Gasteiger partial charge on any atom is -0.493 e. The van der Waals surface area contributed by atoms with E-state index in [2.05, 4.69) is 10.9 Å². The summed E-state index contributed by atoms with van der Waals surface area (Å²) in [6, 6.07) is 10.3. The molecule has 0 bridgehead atoms. The lowest BCUT2D eigenvalue weighted by Gasteiger charge is -2.32. The highest BCUT2D eigenvalue weighted by Gasteiger charge is 2.24. The van der Waals surface area contributed by atoms with Crippen LogP contribution in [-0.2, 0) is 4.79 Å². The lowest BCUT2D eigenvalue weighted by atomic mass is 10.1. The molecular weight excluding hydrogens is 442 g/mol. The molecule has 0 unspecified atom stereocenters. The smallest absolute Gasteiger partial charge is 0.269 e. The zero-order valence-electron chi connectivity index (χ0n) is 19.9. The largest absolute Gasteiger partial charge is 0.493 e. The van der Waals surface area contributed by atoms with E-state index >= 15 is 0 Å². The predicted molar refractivity (Wildman–Crippen MR) is 125 cm³/mol. The second-order valence-corrected chi connectivity index (χ2v) is 7.66. The van der Waals surface area contributed by atoms with Gasteiger partial charge in [0.25, 0.3) is 11.8 Å². The molecule has 2 aromatic carbocycles. The number of benzene rings is 2. The van der Waals surface area contributed by atoms with Gasteiger partial charge in [-0.1, -0.05) is 6.07 Å². The van der Waals surface area contributed by atoms with Gasteiger partial charge in [0.05, 0.1) is 35.0 Å². The zero-order chi connectivity index (χ0) is 24.5. The van der Waals surface area contributed by atoms with Gasteiger partial charge in [-0.05, 0) is 43.2 Å². The number of carbonyl (C=O) groups is 2. The lowest BCUT2D eigenvalue weighted by molar-refractivity contribution is -0.123. The first kappa shape index (κ1) is 25.0. The van der Waals surface area contributed by atoms with Gasteiger partial charge in [-0.15, -0.1) is 0 Å². The Bertz CT molecular complexity index is 968. The number of carbonyl (C=O) groups excluding carboxylic acids is 2. The molecule has 0 radical (unpaired) electrons. The van der Waals surface area contributed by atoms with E-state index in [0.29, 0.717) is 47.4 Å². The normalized spacial score (nSPS) is 14.1. The maximum absolute atomic E-state index is 12.4. The first-order valence-corrected chi connectivity index (χ1v) is 10.9. The van der Waals surface area contributed by atoms with Gasteiger partial charge in [0.2, 0.25) is 5.75 Å². The molecule has 1 saturated heterocycles. The first-order chi connectivity index (χ1) is 16.5. The minimum atomic E-state index is -0.452. The molecule has 3 rings (SSSR count). The Hall–Kier alpha value is -3.66. The molecule has 10 heteroatoms. The summed E-state index contributed by atoms with van der Waals surface area (Å²) in [6.45, 7) is 1.52. The second kappa shape index (κ2) is 12.0. The fourth-order valence-electron chi connectivity index (χ4n) is 3.70. The number of hydrogen-bond donors (Lipinski definition) is 2. The van der Waals surface area contributed by atoms with Crippen molar-refractivity contribution < 1.29 is 33.3 Å². The number of likely N-dealkylation sites (tertiary alicyclic amines) is 1. The van der Waals surface area contributed by atoms with Gasteiger partial charge >= 0.3 is 0 Å². The highest BCUT2D eigenvalue weighted by atomic mass is 16.5.